The summed E-state index contributed by atoms with van der Waals surface area (Å²) in [5.74, 6) is -0.301. The molecule has 0 unspecified atom stereocenters. The number of rotatable bonds is 5. The van der Waals surface area contributed by atoms with Gasteiger partial charge in [-0.1, -0.05) is 59.1 Å². The third-order valence-electron chi connectivity index (χ3n) is 5.07. The molecule has 0 fully saturated rings. The quantitative estimate of drug-likeness (QED) is 0.255. The maximum Gasteiger partial charge on any atom is 0.271 e. The second-order valence-corrected chi connectivity index (χ2v) is 8.31. The minimum Gasteiger partial charge on any atom is -0.340 e. The molecule has 1 heterocycles. The lowest BCUT2D eigenvalue weighted by Crippen LogP contribution is -2.17. The highest BCUT2D eigenvalue weighted by molar-refractivity contribution is 6.42. The van der Waals surface area contributed by atoms with Crippen LogP contribution in [0.1, 0.15) is 27.2 Å². The summed E-state index contributed by atoms with van der Waals surface area (Å²) in [5.41, 5.74) is 7.13. The van der Waals surface area contributed by atoms with E-state index in [9.17, 15) is 4.79 Å². The molecular formula is C24H18Cl3N3O. The van der Waals surface area contributed by atoms with Crippen LogP contribution in [-0.2, 0) is 6.54 Å². The Hall–Kier alpha value is -2.79. The van der Waals surface area contributed by atoms with Gasteiger partial charge in [0.1, 0.15) is 0 Å². The number of carbonyl (C=O) groups excluding carboxylic acids is 1. The minimum atomic E-state index is -0.301. The number of amides is 1. The van der Waals surface area contributed by atoms with Crippen molar-refractivity contribution >= 4 is 57.8 Å². The van der Waals surface area contributed by atoms with Crippen LogP contribution >= 0.6 is 34.8 Å². The van der Waals surface area contributed by atoms with Crippen LogP contribution in [0.15, 0.2) is 71.8 Å². The first kappa shape index (κ1) is 21.4. The molecule has 1 aromatic heterocycles. The first-order valence-electron chi connectivity index (χ1n) is 9.55. The van der Waals surface area contributed by atoms with Gasteiger partial charge in [0, 0.05) is 39.3 Å². The molecule has 0 aliphatic rings. The molecule has 31 heavy (non-hydrogen) atoms. The van der Waals surface area contributed by atoms with Crippen molar-refractivity contribution in [2.24, 2.45) is 5.10 Å². The summed E-state index contributed by atoms with van der Waals surface area (Å²) in [5, 5.41) is 6.87. The molecule has 0 saturated carbocycles. The van der Waals surface area contributed by atoms with E-state index in [0.29, 0.717) is 27.2 Å². The van der Waals surface area contributed by atoms with Crippen LogP contribution in [0.2, 0.25) is 15.1 Å². The zero-order valence-electron chi connectivity index (χ0n) is 16.6. The van der Waals surface area contributed by atoms with Crippen LogP contribution in [0.3, 0.4) is 0 Å². The van der Waals surface area contributed by atoms with E-state index in [0.717, 1.165) is 27.7 Å². The molecule has 0 bridgehead atoms. The third-order valence-corrected chi connectivity index (χ3v) is 6.06. The highest BCUT2D eigenvalue weighted by Gasteiger charge is 2.13. The Labute approximate surface area is 195 Å². The number of aromatic nitrogens is 1. The number of nitrogens with zero attached hydrogens (tertiary/aromatic N) is 2. The van der Waals surface area contributed by atoms with Crippen LogP contribution in [-0.4, -0.2) is 16.7 Å². The van der Waals surface area contributed by atoms with E-state index in [1.165, 1.54) is 0 Å². The molecule has 0 aliphatic heterocycles. The summed E-state index contributed by atoms with van der Waals surface area (Å²) in [6, 6.07) is 20.4. The smallest absolute Gasteiger partial charge is 0.271 e. The minimum absolute atomic E-state index is 0.301. The van der Waals surface area contributed by atoms with Crippen molar-refractivity contribution in [3.8, 4) is 0 Å². The molecule has 0 radical (unpaired) electrons. The molecular weight excluding hydrogens is 453 g/mol. The van der Waals surface area contributed by atoms with Crippen molar-refractivity contribution in [3.05, 3.63) is 104 Å². The number of nitrogens with one attached hydrogen (secondary N) is 1. The molecule has 4 rings (SSSR count). The molecule has 1 amide bonds. The van der Waals surface area contributed by atoms with Crippen molar-refractivity contribution < 1.29 is 4.79 Å². The molecule has 4 nitrogen and oxygen atoms in total. The van der Waals surface area contributed by atoms with Gasteiger partial charge in [-0.3, -0.25) is 4.79 Å². The number of carbonyl (C=O) groups is 1. The van der Waals surface area contributed by atoms with Gasteiger partial charge in [-0.25, -0.2) is 5.43 Å². The van der Waals surface area contributed by atoms with Gasteiger partial charge < -0.3 is 4.57 Å². The molecule has 0 atom stereocenters. The van der Waals surface area contributed by atoms with Gasteiger partial charge in [-0.05, 0) is 55.0 Å². The fraction of sp³-hybridized carbons (Fsp3) is 0.0833. The van der Waals surface area contributed by atoms with E-state index < -0.39 is 0 Å². The largest absolute Gasteiger partial charge is 0.340 e. The second-order valence-electron chi connectivity index (χ2n) is 7.06. The average molecular weight is 471 g/mol. The monoisotopic (exact) mass is 469 g/mol. The standard InChI is InChI=1S/C24H18Cl3N3O/c1-15-20(13-28-29-24(31)17-7-9-18(25)10-8-17)19-4-2-3-5-23(19)30(15)14-16-6-11-21(26)22(27)12-16/h2-13H,14H2,1H3,(H,29,31)/b28-13-. The first-order chi connectivity index (χ1) is 14.9. The Bertz CT molecular complexity index is 1290. The van der Waals surface area contributed by atoms with Gasteiger partial charge in [-0.2, -0.15) is 5.10 Å². The van der Waals surface area contributed by atoms with E-state index in [-0.39, 0.29) is 5.91 Å². The van der Waals surface area contributed by atoms with Crippen LogP contribution in [0.25, 0.3) is 10.9 Å². The normalized spacial score (nSPS) is 11.4. The number of hydrogen-bond acceptors (Lipinski definition) is 2. The van der Waals surface area contributed by atoms with Crippen LogP contribution in [0.4, 0.5) is 0 Å². The molecule has 7 heteroatoms. The summed E-state index contributed by atoms with van der Waals surface area (Å²) in [7, 11) is 0. The molecule has 0 aliphatic carbocycles. The lowest BCUT2D eigenvalue weighted by Gasteiger charge is -2.09. The van der Waals surface area contributed by atoms with Crippen LogP contribution in [0.5, 0.6) is 0 Å². The molecule has 4 aromatic rings. The zero-order chi connectivity index (χ0) is 22.0. The van der Waals surface area contributed by atoms with Crippen molar-refractivity contribution in [3.63, 3.8) is 0 Å². The number of benzene rings is 3. The van der Waals surface area contributed by atoms with E-state index in [1.807, 2.05) is 37.3 Å². The molecule has 3 aromatic carbocycles. The number of hydrazone groups is 1. The topological polar surface area (TPSA) is 46.4 Å². The average Bonchev–Trinajstić information content (AvgIpc) is 3.02. The SMILES string of the molecule is Cc1c(/C=N\NC(=O)c2ccc(Cl)cc2)c2ccccc2n1Cc1ccc(Cl)c(Cl)c1. The number of para-hydroxylation sites is 1. The number of halogens is 3. The Morgan fingerprint density at radius 2 is 1.74 bits per heavy atom. The Kier molecular flexibility index (Phi) is 6.33. The van der Waals surface area contributed by atoms with E-state index in [4.69, 9.17) is 34.8 Å². The fourth-order valence-electron chi connectivity index (χ4n) is 3.47. The third kappa shape index (κ3) is 4.62. The summed E-state index contributed by atoms with van der Waals surface area (Å²) < 4.78 is 2.19. The summed E-state index contributed by atoms with van der Waals surface area (Å²) in [6.07, 6.45) is 1.68. The fourth-order valence-corrected chi connectivity index (χ4v) is 3.91. The van der Waals surface area contributed by atoms with E-state index in [2.05, 4.69) is 21.2 Å². The Morgan fingerprint density at radius 1 is 1.00 bits per heavy atom. The lowest BCUT2D eigenvalue weighted by atomic mass is 10.1. The van der Waals surface area contributed by atoms with Crippen LogP contribution in [0, 0.1) is 6.92 Å². The predicted molar refractivity (Wildman–Crippen MR) is 129 cm³/mol. The first-order valence-corrected chi connectivity index (χ1v) is 10.7. The molecule has 156 valence electrons. The van der Waals surface area contributed by atoms with Gasteiger partial charge in [-0.15, -0.1) is 0 Å². The van der Waals surface area contributed by atoms with Gasteiger partial charge in [0.05, 0.1) is 16.3 Å². The highest BCUT2D eigenvalue weighted by Crippen LogP contribution is 2.28. The summed E-state index contributed by atoms with van der Waals surface area (Å²) in [6.45, 7) is 2.66. The number of hydrogen-bond donors (Lipinski definition) is 1. The van der Waals surface area contributed by atoms with Gasteiger partial charge >= 0.3 is 0 Å². The molecule has 1 N–H and O–H groups in total. The van der Waals surface area contributed by atoms with Crippen molar-refractivity contribution in [2.45, 2.75) is 13.5 Å². The lowest BCUT2D eigenvalue weighted by molar-refractivity contribution is 0.0955. The van der Waals surface area contributed by atoms with Crippen molar-refractivity contribution in [1.29, 1.82) is 0 Å². The van der Waals surface area contributed by atoms with E-state index >= 15 is 0 Å². The van der Waals surface area contributed by atoms with Gasteiger partial charge in [0.25, 0.3) is 5.91 Å². The molecule has 0 spiro atoms. The van der Waals surface area contributed by atoms with E-state index in [1.54, 1.807) is 36.5 Å². The summed E-state index contributed by atoms with van der Waals surface area (Å²) in [4.78, 5) is 12.3. The predicted octanol–water partition coefficient (Wildman–Crippen LogP) is 6.72. The van der Waals surface area contributed by atoms with Gasteiger partial charge in [0.2, 0.25) is 0 Å². The van der Waals surface area contributed by atoms with Crippen molar-refractivity contribution in [2.75, 3.05) is 0 Å². The van der Waals surface area contributed by atoms with Crippen molar-refractivity contribution in [1.82, 2.24) is 9.99 Å². The Morgan fingerprint density at radius 3 is 2.48 bits per heavy atom. The number of fused-ring (bicyclic) bond motifs is 1. The zero-order valence-corrected chi connectivity index (χ0v) is 18.8. The molecule has 0 saturated heterocycles. The highest BCUT2D eigenvalue weighted by atomic mass is 35.5. The Balaban J connectivity index is 1.63. The van der Waals surface area contributed by atoms with Crippen LogP contribution < -0.4 is 5.43 Å². The maximum absolute atomic E-state index is 12.3. The maximum atomic E-state index is 12.3. The second kappa shape index (κ2) is 9.15. The summed E-state index contributed by atoms with van der Waals surface area (Å²) >= 11 is 18.1. The van der Waals surface area contributed by atoms with Gasteiger partial charge in [0.15, 0.2) is 0 Å².